The minimum Gasteiger partial charge on any atom is -0.356 e. The summed E-state index contributed by atoms with van der Waals surface area (Å²) in [6, 6.07) is 7.98. The zero-order valence-electron chi connectivity index (χ0n) is 20.1. The Balaban J connectivity index is 0.000000518. The molecule has 0 aliphatic heterocycles. The lowest BCUT2D eigenvalue weighted by molar-refractivity contribution is -0.127. The quantitative estimate of drug-likeness (QED) is 0.601. The molecule has 2 rings (SSSR count). The summed E-state index contributed by atoms with van der Waals surface area (Å²) in [6.07, 6.45) is 16.1. The van der Waals surface area contributed by atoms with Crippen LogP contribution in [0.5, 0.6) is 0 Å². The summed E-state index contributed by atoms with van der Waals surface area (Å²) in [5.41, 5.74) is 2.17. The Labute approximate surface area is 210 Å². The van der Waals surface area contributed by atoms with Crippen molar-refractivity contribution >= 4 is 11.7 Å². The molecule has 0 radical (unpaired) electrons. The van der Waals surface area contributed by atoms with Gasteiger partial charge in [-0.15, -0.1) is 18.8 Å². The number of carbonyl (C=O) groups is 2. The zero-order valence-corrected chi connectivity index (χ0v) is 20.1. The first-order chi connectivity index (χ1) is 17.0. The summed E-state index contributed by atoms with van der Waals surface area (Å²) in [7, 11) is 0. The van der Waals surface area contributed by atoms with Crippen molar-refractivity contribution in [2.24, 2.45) is 0 Å². The van der Waals surface area contributed by atoms with Crippen molar-refractivity contribution in [2.45, 2.75) is 64.5 Å². The topological polar surface area (TPSA) is 55.4 Å². The molecule has 1 aromatic rings. The Kier molecular flexibility index (Phi) is 15.7. The van der Waals surface area contributed by atoms with E-state index in [0.29, 0.717) is 13.0 Å². The largest absolute Gasteiger partial charge is 0.356 e. The van der Waals surface area contributed by atoms with Gasteiger partial charge in [0.1, 0.15) is 18.5 Å². The average Bonchev–Trinajstić information content (AvgIpc) is 2.84. The molecule has 0 fully saturated rings. The van der Waals surface area contributed by atoms with Crippen LogP contribution < -0.4 is 5.32 Å². The Morgan fingerprint density at radius 3 is 2.23 bits per heavy atom. The van der Waals surface area contributed by atoms with Gasteiger partial charge in [0.05, 0.1) is 0 Å². The smallest absolute Gasteiger partial charge is 0.246 e. The number of hydrogen-bond acceptors (Lipinski definition) is 3. The van der Waals surface area contributed by atoms with E-state index in [1.807, 2.05) is 24.3 Å². The molecule has 0 saturated carbocycles. The second kappa shape index (κ2) is 19.2. The third-order valence-electron chi connectivity index (χ3n) is 4.68. The molecule has 1 aromatic carbocycles. The van der Waals surface area contributed by atoms with E-state index in [-0.39, 0.29) is 24.4 Å². The van der Waals surface area contributed by atoms with E-state index in [9.17, 15) is 9.59 Å². The monoisotopic (exact) mass is 463 g/mol. The predicted molar refractivity (Wildman–Crippen MR) is 139 cm³/mol. The Morgan fingerprint density at radius 2 is 1.60 bits per heavy atom. The van der Waals surface area contributed by atoms with Crippen LogP contribution in [-0.4, -0.2) is 24.4 Å². The highest BCUT2D eigenvalue weighted by Gasteiger charge is 2.10. The van der Waals surface area contributed by atoms with Crippen LogP contribution in [0.2, 0.25) is 0 Å². The van der Waals surface area contributed by atoms with Gasteiger partial charge in [-0.25, -0.2) is 0 Å². The molecule has 0 heterocycles. The fourth-order valence-corrected chi connectivity index (χ4v) is 2.87. The summed E-state index contributed by atoms with van der Waals surface area (Å²) < 4.78 is 5.62. The van der Waals surface area contributed by atoms with Crippen LogP contribution in [0.1, 0.15) is 56.6 Å². The van der Waals surface area contributed by atoms with E-state index < -0.39 is 0 Å². The number of amides is 1. The van der Waals surface area contributed by atoms with Crippen LogP contribution in [0.25, 0.3) is 0 Å². The molecule has 4 nitrogen and oxygen atoms in total. The lowest BCUT2D eigenvalue weighted by Gasteiger charge is -2.13. The summed E-state index contributed by atoms with van der Waals surface area (Å²) in [6.45, 7) is 2.13. The van der Waals surface area contributed by atoms with Crippen molar-refractivity contribution in [3.05, 3.63) is 35.4 Å². The molecule has 4 heteroatoms. The number of carbonyl (C=O) groups excluding carboxylic acids is 2. The van der Waals surface area contributed by atoms with Crippen LogP contribution in [0.3, 0.4) is 0 Å². The first-order valence-corrected chi connectivity index (χ1v) is 11.4. The van der Waals surface area contributed by atoms with E-state index in [2.05, 4.69) is 64.5 Å². The van der Waals surface area contributed by atoms with Crippen molar-refractivity contribution < 1.29 is 14.3 Å². The third-order valence-corrected chi connectivity index (χ3v) is 4.68. The van der Waals surface area contributed by atoms with Crippen LogP contribution >= 0.6 is 0 Å². The maximum absolute atomic E-state index is 11.9. The number of aryl methyl sites for hydroxylation is 1. The molecular formula is C31H29NO3. The van der Waals surface area contributed by atoms with Crippen LogP contribution in [-0.2, 0) is 27.3 Å². The Morgan fingerprint density at radius 1 is 0.971 bits per heavy atom. The van der Waals surface area contributed by atoms with E-state index in [0.717, 1.165) is 43.2 Å². The Hall–Kier alpha value is -4.32. The minimum absolute atomic E-state index is 0.0516. The van der Waals surface area contributed by atoms with Gasteiger partial charge in [0, 0.05) is 19.4 Å². The van der Waals surface area contributed by atoms with Crippen molar-refractivity contribution in [1.82, 2.24) is 5.32 Å². The number of hydrogen-bond donors (Lipinski definition) is 1. The maximum atomic E-state index is 11.9. The standard InChI is InChI=1S/C21H27NO3.C10H2/c1-17(23)9-10-18-11-13-19(14-12-18)15-22-21(24)16-25-20-7-5-3-2-4-6-8-20;1-3-5-7-9-10-8-6-4-2/h11-14,20H,2-5,7,9-10,15-16H2,1H3,(H,22,24);1-2H. The number of Topliss-reactive ketones (excluding diaryl/α,β-unsaturated/α-hetero) is 1. The van der Waals surface area contributed by atoms with Crippen LogP contribution in [0.15, 0.2) is 24.3 Å². The zero-order chi connectivity index (χ0) is 25.6. The lowest BCUT2D eigenvalue weighted by atomic mass is 10.1. The Bertz CT molecular complexity index is 1130. The lowest BCUT2D eigenvalue weighted by Crippen LogP contribution is -2.29. The number of nitrogens with one attached hydrogen (secondary N) is 1. The predicted octanol–water partition coefficient (Wildman–Crippen LogP) is 3.44. The summed E-state index contributed by atoms with van der Waals surface area (Å²) >= 11 is 0. The molecule has 0 spiro atoms. The van der Waals surface area contributed by atoms with Gasteiger partial charge in [0.2, 0.25) is 5.91 Å². The first-order valence-electron chi connectivity index (χ1n) is 11.4. The first kappa shape index (κ1) is 28.7. The number of terminal acetylenes is 2. The summed E-state index contributed by atoms with van der Waals surface area (Å²) in [5.74, 6) is 24.7. The summed E-state index contributed by atoms with van der Waals surface area (Å²) in [5, 5.41) is 2.87. The van der Waals surface area contributed by atoms with Crippen molar-refractivity contribution in [2.75, 3.05) is 6.61 Å². The number of ether oxygens (including phenoxy) is 1. The molecule has 1 aliphatic rings. The van der Waals surface area contributed by atoms with Gasteiger partial charge in [-0.3, -0.25) is 4.79 Å². The third kappa shape index (κ3) is 16.0. The van der Waals surface area contributed by atoms with Gasteiger partial charge in [-0.2, -0.15) is 0 Å². The number of benzene rings is 1. The van der Waals surface area contributed by atoms with Crippen LogP contribution in [0, 0.1) is 72.1 Å². The molecular weight excluding hydrogens is 434 g/mol. The van der Waals surface area contributed by atoms with E-state index in [1.54, 1.807) is 6.92 Å². The van der Waals surface area contributed by atoms with Gasteiger partial charge in [0.15, 0.2) is 0 Å². The van der Waals surface area contributed by atoms with Gasteiger partial charge < -0.3 is 14.8 Å². The van der Waals surface area contributed by atoms with Crippen molar-refractivity contribution in [1.29, 1.82) is 0 Å². The molecule has 0 bridgehead atoms. The highest BCUT2D eigenvalue weighted by molar-refractivity contribution is 5.77. The fourth-order valence-electron chi connectivity index (χ4n) is 2.87. The molecule has 1 N–H and O–H groups in total. The molecule has 1 atom stereocenters. The molecule has 1 unspecified atom stereocenters. The molecule has 0 saturated heterocycles. The number of ketones is 1. The molecule has 1 amide bonds. The van der Waals surface area contributed by atoms with Gasteiger partial charge in [-0.1, -0.05) is 36.6 Å². The van der Waals surface area contributed by atoms with Crippen LogP contribution in [0.4, 0.5) is 0 Å². The van der Waals surface area contributed by atoms with E-state index in [4.69, 9.17) is 17.6 Å². The van der Waals surface area contributed by atoms with E-state index in [1.165, 1.54) is 6.42 Å². The highest BCUT2D eigenvalue weighted by atomic mass is 16.5. The maximum Gasteiger partial charge on any atom is 0.246 e. The summed E-state index contributed by atoms with van der Waals surface area (Å²) in [4.78, 5) is 22.9. The molecule has 35 heavy (non-hydrogen) atoms. The molecule has 0 aromatic heterocycles. The molecule has 176 valence electrons. The molecule has 1 aliphatic carbocycles. The second-order valence-corrected chi connectivity index (χ2v) is 7.55. The number of rotatable bonds is 8. The van der Waals surface area contributed by atoms with Gasteiger partial charge in [0.25, 0.3) is 0 Å². The SMILES string of the molecule is C#CC#CC#CC#CC#C.CC(=O)CCc1ccc(CNC(=O)COC2C#CCCCCC2)cc1. The minimum atomic E-state index is -0.121. The van der Waals surface area contributed by atoms with Gasteiger partial charge >= 0.3 is 0 Å². The normalized spacial score (nSPS) is 13.1. The van der Waals surface area contributed by atoms with Crippen molar-refractivity contribution in [3.63, 3.8) is 0 Å². The van der Waals surface area contributed by atoms with Gasteiger partial charge in [-0.05, 0) is 91.1 Å². The fraction of sp³-hybridized carbons (Fsp3) is 0.355. The van der Waals surface area contributed by atoms with E-state index >= 15 is 0 Å². The highest BCUT2D eigenvalue weighted by Crippen LogP contribution is 2.11. The second-order valence-electron chi connectivity index (χ2n) is 7.55. The van der Waals surface area contributed by atoms with Crippen molar-refractivity contribution in [3.8, 4) is 72.1 Å². The average molecular weight is 464 g/mol.